The highest BCUT2D eigenvalue weighted by molar-refractivity contribution is 6.03. The van der Waals surface area contributed by atoms with Crippen LogP contribution in [-0.2, 0) is 11.2 Å². The molecule has 1 aliphatic rings. The van der Waals surface area contributed by atoms with Gasteiger partial charge in [0.15, 0.2) is 11.5 Å². The Labute approximate surface area is 135 Å². The van der Waals surface area contributed by atoms with Gasteiger partial charge in [-0.1, -0.05) is 18.2 Å². The monoisotopic (exact) mass is 313 g/mol. The smallest absolute Gasteiger partial charge is 0.232 e. The summed E-state index contributed by atoms with van der Waals surface area (Å²) in [7, 11) is 4.73. The molecule has 3 rings (SSSR count). The van der Waals surface area contributed by atoms with E-state index in [4.69, 9.17) is 14.2 Å². The Kier molecular flexibility index (Phi) is 4.10. The maximum absolute atomic E-state index is 12.3. The Morgan fingerprint density at radius 3 is 2.26 bits per heavy atom. The van der Waals surface area contributed by atoms with E-state index < -0.39 is 0 Å². The molecule has 0 saturated carbocycles. The summed E-state index contributed by atoms with van der Waals surface area (Å²) in [5.74, 6) is 1.53. The molecule has 0 bridgehead atoms. The zero-order valence-corrected chi connectivity index (χ0v) is 13.4. The zero-order valence-electron chi connectivity index (χ0n) is 13.4. The average molecular weight is 313 g/mol. The second-order valence-corrected chi connectivity index (χ2v) is 5.37. The minimum absolute atomic E-state index is 0.0138. The number of hydrogen-bond donors (Lipinski definition) is 1. The van der Waals surface area contributed by atoms with E-state index in [2.05, 4.69) is 5.32 Å². The molecule has 2 aromatic carbocycles. The van der Waals surface area contributed by atoms with E-state index in [-0.39, 0.29) is 11.8 Å². The van der Waals surface area contributed by atoms with Crippen LogP contribution < -0.4 is 19.5 Å². The maximum Gasteiger partial charge on any atom is 0.232 e. The molecular formula is C18H19NO4. The molecule has 1 N–H and O–H groups in total. The minimum atomic E-state index is -0.214. The van der Waals surface area contributed by atoms with Gasteiger partial charge in [-0.2, -0.15) is 0 Å². The van der Waals surface area contributed by atoms with Gasteiger partial charge < -0.3 is 19.5 Å². The van der Waals surface area contributed by atoms with Crippen molar-refractivity contribution in [2.75, 3.05) is 26.6 Å². The van der Waals surface area contributed by atoms with Crippen LogP contribution >= 0.6 is 0 Å². The van der Waals surface area contributed by atoms with Gasteiger partial charge in [-0.3, -0.25) is 4.79 Å². The van der Waals surface area contributed by atoms with Crippen molar-refractivity contribution in [2.45, 2.75) is 12.3 Å². The number of benzene rings is 2. The van der Waals surface area contributed by atoms with E-state index >= 15 is 0 Å². The first-order chi connectivity index (χ1) is 11.2. The minimum Gasteiger partial charge on any atom is -0.493 e. The summed E-state index contributed by atoms with van der Waals surface area (Å²) in [4.78, 5) is 12.3. The molecule has 1 unspecified atom stereocenters. The van der Waals surface area contributed by atoms with Crippen LogP contribution in [0.25, 0.3) is 0 Å². The predicted octanol–water partition coefficient (Wildman–Crippen LogP) is 2.99. The van der Waals surface area contributed by atoms with Gasteiger partial charge in [0.25, 0.3) is 0 Å². The molecule has 5 nitrogen and oxygen atoms in total. The number of ether oxygens (including phenoxy) is 3. The third-order valence-electron chi connectivity index (χ3n) is 4.07. The van der Waals surface area contributed by atoms with Gasteiger partial charge >= 0.3 is 0 Å². The largest absolute Gasteiger partial charge is 0.493 e. The second kappa shape index (κ2) is 6.20. The third kappa shape index (κ3) is 2.70. The lowest BCUT2D eigenvalue weighted by atomic mass is 9.93. The third-order valence-corrected chi connectivity index (χ3v) is 4.07. The zero-order chi connectivity index (χ0) is 16.4. The van der Waals surface area contributed by atoms with E-state index in [1.807, 2.05) is 36.4 Å². The molecule has 0 aliphatic carbocycles. The Morgan fingerprint density at radius 2 is 1.65 bits per heavy atom. The summed E-state index contributed by atoms with van der Waals surface area (Å²) in [6.07, 6.45) is 0.569. The number of carbonyl (C=O) groups is 1. The van der Waals surface area contributed by atoms with Gasteiger partial charge in [0.05, 0.1) is 27.2 Å². The Balaban J connectivity index is 1.96. The second-order valence-electron chi connectivity index (χ2n) is 5.37. The average Bonchev–Trinajstić information content (AvgIpc) is 2.89. The summed E-state index contributed by atoms with van der Waals surface area (Å²) in [5.41, 5.74) is 2.86. The summed E-state index contributed by atoms with van der Waals surface area (Å²) >= 11 is 0. The number of amides is 1. The molecule has 0 fully saturated rings. The van der Waals surface area contributed by atoms with E-state index in [0.29, 0.717) is 23.7 Å². The number of fused-ring (bicyclic) bond motifs is 1. The summed E-state index contributed by atoms with van der Waals surface area (Å²) in [6, 6.07) is 11.5. The predicted molar refractivity (Wildman–Crippen MR) is 87.6 cm³/mol. The molecule has 1 atom stereocenters. The van der Waals surface area contributed by atoms with Crippen molar-refractivity contribution in [1.82, 2.24) is 0 Å². The first kappa shape index (κ1) is 15.2. The van der Waals surface area contributed by atoms with Crippen LogP contribution in [0.4, 0.5) is 5.69 Å². The standard InChI is InChI=1S/C18H19NO4/c1-21-15-9-11(10-16(22-2)17(15)23-3)8-13-12-6-4-5-7-14(12)19-18(13)20/h4-7,9-10,13H,8H2,1-3H3,(H,19,20). The van der Waals surface area contributed by atoms with Crippen LogP contribution in [-0.4, -0.2) is 27.2 Å². The quantitative estimate of drug-likeness (QED) is 0.922. The van der Waals surface area contributed by atoms with Gasteiger partial charge in [-0.15, -0.1) is 0 Å². The van der Waals surface area contributed by atoms with Crippen molar-refractivity contribution in [3.8, 4) is 17.2 Å². The molecule has 0 saturated heterocycles. The van der Waals surface area contributed by atoms with E-state index in [0.717, 1.165) is 16.8 Å². The lowest BCUT2D eigenvalue weighted by molar-refractivity contribution is -0.117. The fourth-order valence-corrected chi connectivity index (χ4v) is 2.97. The van der Waals surface area contributed by atoms with Crippen molar-refractivity contribution in [3.05, 3.63) is 47.5 Å². The van der Waals surface area contributed by atoms with Crippen LogP contribution in [0.3, 0.4) is 0 Å². The Bertz CT molecular complexity index is 717. The molecule has 0 aromatic heterocycles. The van der Waals surface area contributed by atoms with E-state index in [9.17, 15) is 4.79 Å². The van der Waals surface area contributed by atoms with E-state index in [1.165, 1.54) is 0 Å². The topological polar surface area (TPSA) is 56.8 Å². The number of carbonyl (C=O) groups excluding carboxylic acids is 1. The highest BCUT2D eigenvalue weighted by atomic mass is 16.5. The van der Waals surface area contributed by atoms with Crippen molar-refractivity contribution < 1.29 is 19.0 Å². The molecule has 1 amide bonds. The van der Waals surface area contributed by atoms with Crippen molar-refractivity contribution in [2.24, 2.45) is 0 Å². The SMILES string of the molecule is COc1cc(CC2C(=O)Nc3ccccc32)cc(OC)c1OC. The fourth-order valence-electron chi connectivity index (χ4n) is 2.97. The Hall–Kier alpha value is -2.69. The first-order valence-electron chi connectivity index (χ1n) is 7.36. The van der Waals surface area contributed by atoms with Gasteiger partial charge in [0.1, 0.15) is 0 Å². The molecule has 5 heteroatoms. The van der Waals surface area contributed by atoms with Crippen molar-refractivity contribution >= 4 is 11.6 Å². The summed E-state index contributed by atoms with van der Waals surface area (Å²) in [6.45, 7) is 0. The molecule has 0 radical (unpaired) electrons. The number of nitrogens with one attached hydrogen (secondary N) is 1. The number of methoxy groups -OCH3 is 3. The van der Waals surface area contributed by atoms with Gasteiger partial charge in [0.2, 0.25) is 11.7 Å². The number of para-hydroxylation sites is 1. The summed E-state index contributed by atoms with van der Waals surface area (Å²) in [5, 5.41) is 2.92. The van der Waals surface area contributed by atoms with E-state index in [1.54, 1.807) is 21.3 Å². The molecule has 1 heterocycles. The highest BCUT2D eigenvalue weighted by Crippen LogP contribution is 2.41. The van der Waals surface area contributed by atoms with Gasteiger partial charge in [-0.25, -0.2) is 0 Å². The number of hydrogen-bond acceptors (Lipinski definition) is 4. The van der Waals surface area contributed by atoms with Gasteiger partial charge in [0, 0.05) is 5.69 Å². The number of anilines is 1. The lowest BCUT2D eigenvalue weighted by Gasteiger charge is -2.15. The first-order valence-corrected chi connectivity index (χ1v) is 7.36. The highest BCUT2D eigenvalue weighted by Gasteiger charge is 2.30. The molecule has 1 aliphatic heterocycles. The maximum atomic E-state index is 12.3. The molecule has 0 spiro atoms. The normalized spacial score (nSPS) is 15.8. The van der Waals surface area contributed by atoms with Gasteiger partial charge in [-0.05, 0) is 35.7 Å². The van der Waals surface area contributed by atoms with Crippen molar-refractivity contribution in [1.29, 1.82) is 0 Å². The lowest BCUT2D eigenvalue weighted by Crippen LogP contribution is -2.14. The Morgan fingerprint density at radius 1 is 1.00 bits per heavy atom. The van der Waals surface area contributed by atoms with Crippen LogP contribution in [0.15, 0.2) is 36.4 Å². The number of rotatable bonds is 5. The molecule has 2 aromatic rings. The van der Waals surface area contributed by atoms with Crippen molar-refractivity contribution in [3.63, 3.8) is 0 Å². The fraction of sp³-hybridized carbons (Fsp3) is 0.278. The van der Waals surface area contributed by atoms with Crippen LogP contribution in [0.2, 0.25) is 0 Å². The van der Waals surface area contributed by atoms with Crippen LogP contribution in [0.1, 0.15) is 17.0 Å². The molecular weight excluding hydrogens is 294 g/mol. The molecule has 120 valence electrons. The molecule has 23 heavy (non-hydrogen) atoms. The van der Waals surface area contributed by atoms with Crippen LogP contribution in [0, 0.1) is 0 Å². The van der Waals surface area contributed by atoms with Crippen LogP contribution in [0.5, 0.6) is 17.2 Å². The summed E-state index contributed by atoms with van der Waals surface area (Å²) < 4.78 is 16.1.